The van der Waals surface area contributed by atoms with Gasteiger partial charge in [-0.25, -0.2) is 0 Å². The fourth-order valence-corrected chi connectivity index (χ4v) is 6.93. The van der Waals surface area contributed by atoms with Crippen LogP contribution in [0.3, 0.4) is 0 Å². The van der Waals surface area contributed by atoms with Crippen molar-refractivity contribution in [2.24, 2.45) is 0 Å². The Balaban J connectivity index is 4.20. The van der Waals surface area contributed by atoms with Gasteiger partial charge in [-0.15, -0.1) is 0 Å². The highest BCUT2D eigenvalue weighted by molar-refractivity contribution is 5.70. The summed E-state index contributed by atoms with van der Waals surface area (Å²) < 4.78 is 17.2. The van der Waals surface area contributed by atoms with Crippen LogP contribution < -0.4 is 5.11 Å². The molecule has 0 rings (SSSR count). The summed E-state index contributed by atoms with van der Waals surface area (Å²) in [5.74, 6) is -1.74. The molecule has 0 aliphatic heterocycles. The molecule has 0 radical (unpaired) electrons. The van der Waals surface area contributed by atoms with E-state index in [1.165, 1.54) is 128 Å². The predicted octanol–water partition coefficient (Wildman–Crippen LogP) is 11.5. The van der Waals surface area contributed by atoms with E-state index in [0.717, 1.165) is 51.4 Å². The van der Waals surface area contributed by atoms with Gasteiger partial charge >= 0.3 is 11.9 Å². The first-order valence-corrected chi connectivity index (χ1v) is 23.4. The van der Waals surface area contributed by atoms with Gasteiger partial charge in [0.1, 0.15) is 12.6 Å². The summed E-state index contributed by atoms with van der Waals surface area (Å²) in [5.41, 5.74) is 0. The topological polar surface area (TPSA) is 102 Å². The van der Waals surface area contributed by atoms with Crippen molar-refractivity contribution in [3.05, 3.63) is 24.3 Å². The van der Waals surface area contributed by atoms with Gasteiger partial charge in [-0.05, 0) is 44.9 Å². The SMILES string of the molecule is CCCCCCCCCC/C=C/C/C=C/CCCCCCCCCC(=O)OCC(COCCC(C(=O)[O-])[N+](C)(C)C)OC(=O)CCCCCCCCCCCC. The molecule has 0 aromatic carbocycles. The van der Waals surface area contributed by atoms with E-state index in [2.05, 4.69) is 38.2 Å². The second-order valence-electron chi connectivity index (χ2n) is 17.0. The molecule has 0 aliphatic carbocycles. The lowest BCUT2D eigenvalue weighted by Crippen LogP contribution is -2.55. The van der Waals surface area contributed by atoms with Gasteiger partial charge in [0, 0.05) is 19.3 Å². The van der Waals surface area contributed by atoms with Gasteiger partial charge in [-0.2, -0.15) is 0 Å². The summed E-state index contributed by atoms with van der Waals surface area (Å²) in [5, 5.41) is 11.6. The number of esters is 2. The number of rotatable bonds is 42. The van der Waals surface area contributed by atoms with E-state index in [0.29, 0.717) is 12.8 Å². The molecule has 8 heteroatoms. The van der Waals surface area contributed by atoms with Crippen molar-refractivity contribution in [3.63, 3.8) is 0 Å². The second kappa shape index (κ2) is 39.6. The maximum absolute atomic E-state index is 12.7. The van der Waals surface area contributed by atoms with E-state index in [1.807, 2.05) is 0 Å². The van der Waals surface area contributed by atoms with Crippen molar-refractivity contribution in [1.29, 1.82) is 0 Å². The molecule has 2 atom stereocenters. The Kier molecular flexibility index (Phi) is 38.1. The van der Waals surface area contributed by atoms with Crippen LogP contribution in [-0.2, 0) is 28.6 Å². The van der Waals surface area contributed by atoms with Crippen LogP contribution in [0.25, 0.3) is 0 Å². The Morgan fingerprint density at radius 1 is 0.536 bits per heavy atom. The number of hydrogen-bond donors (Lipinski definition) is 0. The first-order valence-electron chi connectivity index (χ1n) is 23.4. The lowest BCUT2D eigenvalue weighted by Gasteiger charge is -2.34. The molecular weight excluding hydrogens is 703 g/mol. The van der Waals surface area contributed by atoms with E-state index in [4.69, 9.17) is 14.2 Å². The average molecular weight is 792 g/mol. The molecular formula is C48H89NO7. The fraction of sp³-hybridized carbons (Fsp3) is 0.854. The standard InChI is InChI=1S/C48H89NO7/c1-6-8-10-12-14-16-18-19-20-21-22-23-24-25-26-27-28-29-31-32-34-36-38-46(50)55-43-44(42-54-41-40-45(48(52)53)49(3,4)5)56-47(51)39-37-35-33-30-17-15-13-11-9-7-2/h21-22,24-25,44-45H,6-20,23,26-43H2,1-5H3/b22-21+,25-24+. The minimum atomic E-state index is -1.12. The maximum Gasteiger partial charge on any atom is 0.306 e. The van der Waals surface area contributed by atoms with E-state index in [1.54, 1.807) is 21.1 Å². The van der Waals surface area contributed by atoms with E-state index in [9.17, 15) is 19.5 Å². The highest BCUT2D eigenvalue weighted by Gasteiger charge is 2.25. The number of nitrogens with zero attached hydrogens (tertiary/aromatic N) is 1. The Hall–Kier alpha value is -2.19. The van der Waals surface area contributed by atoms with Gasteiger partial charge in [-0.1, -0.05) is 173 Å². The number of aliphatic carboxylic acids is 1. The van der Waals surface area contributed by atoms with Crippen LogP contribution in [0.2, 0.25) is 0 Å². The quantitative estimate of drug-likeness (QED) is 0.0262. The number of carbonyl (C=O) groups is 3. The highest BCUT2D eigenvalue weighted by Crippen LogP contribution is 2.15. The third-order valence-corrected chi connectivity index (χ3v) is 10.6. The zero-order valence-electron chi connectivity index (χ0n) is 37.3. The molecule has 0 bridgehead atoms. The molecule has 0 aromatic rings. The smallest absolute Gasteiger partial charge is 0.306 e. The Morgan fingerprint density at radius 3 is 1.38 bits per heavy atom. The van der Waals surface area contributed by atoms with Gasteiger partial charge in [0.15, 0.2) is 6.10 Å². The molecule has 0 aromatic heterocycles. The third kappa shape index (κ3) is 37.4. The summed E-state index contributed by atoms with van der Waals surface area (Å²) >= 11 is 0. The molecule has 0 fully saturated rings. The van der Waals surface area contributed by atoms with E-state index >= 15 is 0 Å². The number of carboxylic acids is 1. The molecule has 0 saturated heterocycles. The lowest BCUT2D eigenvalue weighted by molar-refractivity contribution is -0.889. The van der Waals surface area contributed by atoms with Crippen molar-refractivity contribution >= 4 is 17.9 Å². The van der Waals surface area contributed by atoms with Crippen LogP contribution in [0.4, 0.5) is 0 Å². The maximum atomic E-state index is 12.7. The van der Waals surface area contributed by atoms with E-state index in [-0.39, 0.29) is 42.7 Å². The summed E-state index contributed by atoms with van der Waals surface area (Å²) in [7, 11) is 5.41. The summed E-state index contributed by atoms with van der Waals surface area (Å²) in [6, 6.07) is -0.723. The first kappa shape index (κ1) is 53.8. The predicted molar refractivity (Wildman–Crippen MR) is 231 cm³/mol. The molecule has 0 heterocycles. The van der Waals surface area contributed by atoms with E-state index < -0.39 is 18.1 Å². The van der Waals surface area contributed by atoms with Crippen LogP contribution in [0.5, 0.6) is 0 Å². The number of ether oxygens (including phenoxy) is 3. The van der Waals surface area contributed by atoms with Gasteiger partial charge in [0.25, 0.3) is 0 Å². The highest BCUT2D eigenvalue weighted by atomic mass is 16.6. The Labute approximate surface area is 345 Å². The summed E-state index contributed by atoms with van der Waals surface area (Å²) in [4.78, 5) is 36.8. The largest absolute Gasteiger partial charge is 0.544 e. The number of allylic oxidation sites excluding steroid dienone is 4. The number of likely N-dealkylation sites (N-methyl/N-ethyl adjacent to an activating group) is 1. The number of quaternary nitrogens is 1. The van der Waals surface area contributed by atoms with Crippen molar-refractivity contribution in [1.82, 2.24) is 0 Å². The van der Waals surface area contributed by atoms with Gasteiger partial charge in [0.2, 0.25) is 0 Å². The normalized spacial score (nSPS) is 13.1. The van der Waals surface area contributed by atoms with Crippen molar-refractivity contribution in [2.75, 3.05) is 41.0 Å². The van der Waals surface area contributed by atoms with Gasteiger partial charge in [-0.3, -0.25) is 9.59 Å². The molecule has 0 amide bonds. The Morgan fingerprint density at radius 2 is 0.946 bits per heavy atom. The number of carboxylic acid groups (broad SMARTS) is 1. The molecule has 0 saturated carbocycles. The van der Waals surface area contributed by atoms with Crippen LogP contribution >= 0.6 is 0 Å². The molecule has 56 heavy (non-hydrogen) atoms. The van der Waals surface area contributed by atoms with Crippen molar-refractivity contribution in [3.8, 4) is 0 Å². The summed E-state index contributed by atoms with van der Waals surface area (Å²) in [6.07, 6.45) is 43.5. The number of unbranched alkanes of at least 4 members (excludes halogenated alkanes) is 24. The van der Waals surface area contributed by atoms with Crippen LogP contribution in [-0.4, -0.2) is 75.5 Å². The van der Waals surface area contributed by atoms with Crippen molar-refractivity contribution < 1.29 is 38.2 Å². The molecule has 0 aliphatic rings. The average Bonchev–Trinajstić information content (AvgIpc) is 3.15. The van der Waals surface area contributed by atoms with Crippen LogP contribution in [0.15, 0.2) is 24.3 Å². The molecule has 328 valence electrons. The lowest BCUT2D eigenvalue weighted by atomic mass is 10.1. The van der Waals surface area contributed by atoms with Gasteiger partial charge in [0.05, 0.1) is 40.3 Å². The second-order valence-corrected chi connectivity index (χ2v) is 17.0. The van der Waals surface area contributed by atoms with Crippen molar-refractivity contribution in [2.45, 2.75) is 225 Å². The Bertz CT molecular complexity index is 973. The van der Waals surface area contributed by atoms with Crippen LogP contribution in [0.1, 0.15) is 213 Å². The number of carbonyl (C=O) groups excluding carboxylic acids is 3. The minimum absolute atomic E-state index is 0.0419. The minimum Gasteiger partial charge on any atom is -0.544 e. The number of hydrogen-bond acceptors (Lipinski definition) is 7. The van der Waals surface area contributed by atoms with Crippen LogP contribution in [0, 0.1) is 0 Å². The monoisotopic (exact) mass is 792 g/mol. The zero-order valence-corrected chi connectivity index (χ0v) is 37.3. The zero-order chi connectivity index (χ0) is 41.4. The fourth-order valence-electron chi connectivity index (χ4n) is 6.93. The summed E-state index contributed by atoms with van der Waals surface area (Å²) in [6.45, 7) is 4.65. The molecule has 2 unspecified atom stereocenters. The molecule has 0 spiro atoms. The third-order valence-electron chi connectivity index (χ3n) is 10.6. The van der Waals surface area contributed by atoms with Gasteiger partial charge < -0.3 is 28.6 Å². The molecule has 8 nitrogen and oxygen atoms in total. The molecule has 0 N–H and O–H groups in total. The first-order chi connectivity index (χ1) is 27.1.